The fraction of sp³-hybridized carbons (Fsp3) is 0.267. The summed E-state index contributed by atoms with van der Waals surface area (Å²) < 4.78 is 0. The molecule has 0 fully saturated rings. The van der Waals surface area contributed by atoms with Crippen LogP contribution in [0.2, 0.25) is 0 Å². The Labute approximate surface area is 97.2 Å². The van der Waals surface area contributed by atoms with E-state index in [0.29, 0.717) is 0 Å². The zero-order valence-electron chi connectivity index (χ0n) is 10.3. The highest BCUT2D eigenvalue weighted by Crippen LogP contribution is 2.26. The monoisotopic (exact) mass is 211 g/mol. The molecule has 0 aliphatic carbocycles. The summed E-state index contributed by atoms with van der Waals surface area (Å²) in [7, 11) is 0. The molecule has 2 aromatic rings. The van der Waals surface area contributed by atoms with E-state index in [2.05, 4.69) is 56.1 Å². The molecule has 0 aliphatic heterocycles. The second kappa shape index (κ2) is 4.09. The number of pyridine rings is 1. The van der Waals surface area contributed by atoms with Crippen LogP contribution < -0.4 is 0 Å². The van der Waals surface area contributed by atoms with Crippen LogP contribution in [0.5, 0.6) is 0 Å². The average Bonchev–Trinajstić information content (AvgIpc) is 2.22. The summed E-state index contributed by atoms with van der Waals surface area (Å²) in [5, 5.41) is 0. The first-order chi connectivity index (χ1) is 7.58. The third-order valence-corrected chi connectivity index (χ3v) is 2.91. The molecule has 0 aliphatic rings. The average molecular weight is 211 g/mol. The van der Waals surface area contributed by atoms with Crippen molar-refractivity contribution in [2.75, 3.05) is 0 Å². The van der Waals surface area contributed by atoms with Gasteiger partial charge < -0.3 is 0 Å². The summed E-state index contributed by atoms with van der Waals surface area (Å²) in [6, 6.07) is 10.8. The van der Waals surface area contributed by atoms with Gasteiger partial charge in [0.05, 0.1) is 0 Å². The molecule has 0 atom stereocenters. The van der Waals surface area contributed by atoms with Gasteiger partial charge in [0.15, 0.2) is 0 Å². The molecule has 1 heterocycles. The third kappa shape index (κ3) is 1.99. The molecule has 1 heteroatoms. The smallest absolute Gasteiger partial charge is 0.0454 e. The molecule has 2 rings (SSSR count). The van der Waals surface area contributed by atoms with E-state index < -0.39 is 0 Å². The number of aromatic nitrogens is 1. The van der Waals surface area contributed by atoms with E-state index in [0.717, 1.165) is 11.4 Å². The number of hydrogen-bond acceptors (Lipinski definition) is 1. The first-order valence-corrected chi connectivity index (χ1v) is 5.60. The van der Waals surface area contributed by atoms with Gasteiger partial charge >= 0.3 is 0 Å². The van der Waals surface area contributed by atoms with E-state index in [1.54, 1.807) is 0 Å². The van der Waals surface area contributed by atoms with Crippen molar-refractivity contribution in [1.29, 1.82) is 0 Å². The molecule has 0 N–H and O–H groups in total. The van der Waals surface area contributed by atoms with Crippen molar-refractivity contribution in [3.05, 3.63) is 52.8 Å². The van der Waals surface area contributed by atoms with Crippen LogP contribution in [0.15, 0.2) is 30.3 Å². The Morgan fingerprint density at radius 1 is 0.812 bits per heavy atom. The Kier molecular flexibility index (Phi) is 2.78. The van der Waals surface area contributed by atoms with Crippen LogP contribution in [0.4, 0.5) is 0 Å². The van der Waals surface area contributed by atoms with Crippen molar-refractivity contribution in [3.63, 3.8) is 0 Å². The molecule has 16 heavy (non-hydrogen) atoms. The molecule has 0 bridgehead atoms. The van der Waals surface area contributed by atoms with Crippen LogP contribution in [0.25, 0.3) is 11.1 Å². The SMILES string of the molecule is Cc1ccc(C)c(-c2ccc(C)nc2C)c1. The lowest BCUT2D eigenvalue weighted by molar-refractivity contribution is 1.12. The van der Waals surface area contributed by atoms with Crippen molar-refractivity contribution >= 4 is 0 Å². The van der Waals surface area contributed by atoms with Gasteiger partial charge in [-0.1, -0.05) is 29.8 Å². The standard InChI is InChI=1S/C15H17N/c1-10-5-6-11(2)15(9-10)14-8-7-12(3)16-13(14)4/h5-9H,1-4H3. The van der Waals surface area contributed by atoms with Crippen molar-refractivity contribution in [1.82, 2.24) is 4.98 Å². The third-order valence-electron chi connectivity index (χ3n) is 2.91. The largest absolute Gasteiger partial charge is 0.258 e. The van der Waals surface area contributed by atoms with Gasteiger partial charge in [-0.25, -0.2) is 0 Å². The summed E-state index contributed by atoms with van der Waals surface area (Å²) in [6.45, 7) is 8.37. The maximum absolute atomic E-state index is 4.52. The van der Waals surface area contributed by atoms with Gasteiger partial charge in [0, 0.05) is 17.0 Å². The zero-order valence-corrected chi connectivity index (χ0v) is 10.3. The number of rotatable bonds is 1. The molecule has 82 valence electrons. The van der Waals surface area contributed by atoms with E-state index in [-0.39, 0.29) is 0 Å². The van der Waals surface area contributed by atoms with Gasteiger partial charge in [-0.3, -0.25) is 4.98 Å². The minimum absolute atomic E-state index is 1.08. The molecular weight excluding hydrogens is 194 g/mol. The quantitative estimate of drug-likeness (QED) is 0.695. The van der Waals surface area contributed by atoms with E-state index in [1.165, 1.54) is 22.3 Å². The normalized spacial score (nSPS) is 10.5. The fourth-order valence-electron chi connectivity index (χ4n) is 2.00. The van der Waals surface area contributed by atoms with Crippen LogP contribution in [0.1, 0.15) is 22.5 Å². The highest BCUT2D eigenvalue weighted by atomic mass is 14.7. The van der Waals surface area contributed by atoms with Crippen LogP contribution in [0.3, 0.4) is 0 Å². The maximum atomic E-state index is 4.52. The topological polar surface area (TPSA) is 12.9 Å². The first kappa shape index (κ1) is 10.9. The van der Waals surface area contributed by atoms with Crippen LogP contribution >= 0.6 is 0 Å². The Bertz CT molecular complexity index is 527. The Morgan fingerprint density at radius 2 is 1.56 bits per heavy atom. The van der Waals surface area contributed by atoms with Gasteiger partial charge in [-0.05, 0) is 44.9 Å². The first-order valence-electron chi connectivity index (χ1n) is 5.60. The Balaban J connectivity index is 2.62. The van der Waals surface area contributed by atoms with E-state index >= 15 is 0 Å². The molecular formula is C15H17N. The molecule has 1 nitrogen and oxygen atoms in total. The highest BCUT2D eigenvalue weighted by Gasteiger charge is 2.06. The minimum Gasteiger partial charge on any atom is -0.258 e. The van der Waals surface area contributed by atoms with Gasteiger partial charge in [0.1, 0.15) is 0 Å². The molecule has 0 saturated carbocycles. The van der Waals surface area contributed by atoms with Gasteiger partial charge in [-0.2, -0.15) is 0 Å². The molecule has 0 radical (unpaired) electrons. The van der Waals surface area contributed by atoms with Crippen molar-refractivity contribution in [2.24, 2.45) is 0 Å². The van der Waals surface area contributed by atoms with Gasteiger partial charge in [0.2, 0.25) is 0 Å². The minimum atomic E-state index is 1.08. The van der Waals surface area contributed by atoms with E-state index in [4.69, 9.17) is 0 Å². The second-order valence-corrected chi connectivity index (χ2v) is 4.40. The van der Waals surface area contributed by atoms with Crippen molar-refractivity contribution in [2.45, 2.75) is 27.7 Å². The molecule has 0 amide bonds. The number of hydrogen-bond donors (Lipinski definition) is 0. The van der Waals surface area contributed by atoms with Crippen molar-refractivity contribution < 1.29 is 0 Å². The van der Waals surface area contributed by atoms with E-state index in [9.17, 15) is 0 Å². The number of aryl methyl sites for hydroxylation is 4. The number of benzene rings is 1. The van der Waals surface area contributed by atoms with Crippen LogP contribution in [0, 0.1) is 27.7 Å². The van der Waals surface area contributed by atoms with Gasteiger partial charge in [-0.15, -0.1) is 0 Å². The summed E-state index contributed by atoms with van der Waals surface area (Å²) in [5.74, 6) is 0. The molecule has 0 unspecified atom stereocenters. The predicted octanol–water partition coefficient (Wildman–Crippen LogP) is 3.98. The number of nitrogens with zero attached hydrogens (tertiary/aromatic N) is 1. The lowest BCUT2D eigenvalue weighted by atomic mass is 9.97. The summed E-state index contributed by atoms with van der Waals surface area (Å²) in [4.78, 5) is 4.52. The lowest BCUT2D eigenvalue weighted by Gasteiger charge is -2.10. The van der Waals surface area contributed by atoms with Crippen LogP contribution in [-0.4, -0.2) is 4.98 Å². The predicted molar refractivity (Wildman–Crippen MR) is 68.6 cm³/mol. The fourth-order valence-corrected chi connectivity index (χ4v) is 2.00. The Morgan fingerprint density at radius 3 is 2.25 bits per heavy atom. The summed E-state index contributed by atoms with van der Waals surface area (Å²) in [6.07, 6.45) is 0. The van der Waals surface area contributed by atoms with E-state index in [1.807, 2.05) is 6.92 Å². The molecule has 0 saturated heterocycles. The molecule has 0 spiro atoms. The van der Waals surface area contributed by atoms with Crippen molar-refractivity contribution in [3.8, 4) is 11.1 Å². The summed E-state index contributed by atoms with van der Waals surface area (Å²) >= 11 is 0. The maximum Gasteiger partial charge on any atom is 0.0454 e. The second-order valence-electron chi connectivity index (χ2n) is 4.40. The summed E-state index contributed by atoms with van der Waals surface area (Å²) in [5.41, 5.74) is 7.32. The molecule has 1 aromatic carbocycles. The van der Waals surface area contributed by atoms with Crippen LogP contribution in [-0.2, 0) is 0 Å². The Hall–Kier alpha value is -1.63. The molecule has 1 aromatic heterocycles. The zero-order chi connectivity index (χ0) is 11.7. The highest BCUT2D eigenvalue weighted by molar-refractivity contribution is 5.69. The van der Waals surface area contributed by atoms with Gasteiger partial charge in [0.25, 0.3) is 0 Å². The lowest BCUT2D eigenvalue weighted by Crippen LogP contribution is -1.92.